The first-order valence-electron chi connectivity index (χ1n) is 13.0. The SMILES string of the molecule is CC(CN)CCCN1CCN(c2cccc(-c3ccc4c(c3)C(C)(C)CCC4(C)C)n2)CC1. The summed E-state index contributed by atoms with van der Waals surface area (Å²) in [4.78, 5) is 10.2. The van der Waals surface area contributed by atoms with Gasteiger partial charge >= 0.3 is 0 Å². The van der Waals surface area contributed by atoms with Crippen molar-refractivity contribution in [3.05, 3.63) is 47.5 Å². The van der Waals surface area contributed by atoms with Crippen molar-refractivity contribution in [2.45, 2.75) is 71.1 Å². The molecule has 0 amide bonds. The van der Waals surface area contributed by atoms with Crippen LogP contribution in [0.3, 0.4) is 0 Å². The number of nitrogens with two attached hydrogens (primary N) is 1. The highest BCUT2D eigenvalue weighted by molar-refractivity contribution is 5.65. The smallest absolute Gasteiger partial charge is 0.129 e. The average Bonchev–Trinajstić information content (AvgIpc) is 2.82. The molecule has 1 aromatic carbocycles. The Labute approximate surface area is 201 Å². The van der Waals surface area contributed by atoms with Crippen LogP contribution in [0.15, 0.2) is 36.4 Å². The van der Waals surface area contributed by atoms with Gasteiger partial charge in [-0.3, -0.25) is 4.90 Å². The van der Waals surface area contributed by atoms with Gasteiger partial charge in [-0.05, 0) is 84.8 Å². The van der Waals surface area contributed by atoms with E-state index in [0.29, 0.717) is 5.92 Å². The van der Waals surface area contributed by atoms with Crippen LogP contribution < -0.4 is 10.6 Å². The van der Waals surface area contributed by atoms with Crippen LogP contribution in [0.2, 0.25) is 0 Å². The summed E-state index contributed by atoms with van der Waals surface area (Å²) >= 11 is 0. The van der Waals surface area contributed by atoms with Crippen LogP contribution in [0.25, 0.3) is 11.3 Å². The lowest BCUT2D eigenvalue weighted by molar-refractivity contribution is 0.247. The van der Waals surface area contributed by atoms with Crippen LogP contribution in [0.4, 0.5) is 5.82 Å². The molecule has 1 fully saturated rings. The van der Waals surface area contributed by atoms with Gasteiger partial charge in [0.25, 0.3) is 0 Å². The number of aromatic nitrogens is 1. The molecular weight excluding hydrogens is 404 g/mol. The van der Waals surface area contributed by atoms with Gasteiger partial charge in [-0.25, -0.2) is 4.98 Å². The Morgan fingerprint density at radius 1 is 0.939 bits per heavy atom. The minimum atomic E-state index is 0.219. The third-order valence-corrected chi connectivity index (χ3v) is 8.15. The van der Waals surface area contributed by atoms with Crippen LogP contribution in [0.5, 0.6) is 0 Å². The fourth-order valence-electron chi connectivity index (χ4n) is 5.49. The average molecular weight is 449 g/mol. The summed E-state index contributed by atoms with van der Waals surface area (Å²) in [7, 11) is 0. The fraction of sp³-hybridized carbons (Fsp3) is 0.621. The molecule has 4 nitrogen and oxygen atoms in total. The first-order chi connectivity index (χ1) is 15.7. The number of pyridine rings is 1. The maximum absolute atomic E-state index is 5.76. The highest BCUT2D eigenvalue weighted by atomic mass is 15.3. The van der Waals surface area contributed by atoms with Crippen molar-refractivity contribution in [1.82, 2.24) is 9.88 Å². The van der Waals surface area contributed by atoms with Crippen molar-refractivity contribution in [3.8, 4) is 11.3 Å². The lowest BCUT2D eigenvalue weighted by Crippen LogP contribution is -2.47. The first-order valence-corrected chi connectivity index (χ1v) is 13.0. The van der Waals surface area contributed by atoms with Gasteiger partial charge in [0, 0.05) is 31.7 Å². The van der Waals surface area contributed by atoms with Gasteiger partial charge in [0.2, 0.25) is 0 Å². The van der Waals surface area contributed by atoms with E-state index in [4.69, 9.17) is 10.7 Å². The molecule has 4 heteroatoms. The van der Waals surface area contributed by atoms with Crippen molar-refractivity contribution in [2.75, 3.05) is 44.2 Å². The molecule has 180 valence electrons. The number of fused-ring (bicyclic) bond motifs is 1. The van der Waals surface area contributed by atoms with Crippen molar-refractivity contribution in [2.24, 2.45) is 11.7 Å². The van der Waals surface area contributed by atoms with Crippen LogP contribution in [0.1, 0.15) is 71.4 Å². The molecule has 2 N–H and O–H groups in total. The molecule has 0 spiro atoms. The first kappa shape index (κ1) is 24.2. The molecular formula is C29H44N4. The van der Waals surface area contributed by atoms with E-state index in [1.807, 2.05) is 0 Å². The van der Waals surface area contributed by atoms with Gasteiger partial charge in [0.15, 0.2) is 0 Å². The summed E-state index contributed by atoms with van der Waals surface area (Å²) in [6, 6.07) is 13.6. The Hall–Kier alpha value is -1.91. The van der Waals surface area contributed by atoms with Crippen LogP contribution in [-0.2, 0) is 10.8 Å². The highest BCUT2D eigenvalue weighted by Crippen LogP contribution is 2.46. The van der Waals surface area contributed by atoms with E-state index in [0.717, 1.165) is 44.2 Å². The number of hydrogen-bond donors (Lipinski definition) is 1. The van der Waals surface area contributed by atoms with Gasteiger partial charge in [-0.1, -0.05) is 52.8 Å². The Balaban J connectivity index is 1.45. The van der Waals surface area contributed by atoms with E-state index >= 15 is 0 Å². The predicted molar refractivity (Wildman–Crippen MR) is 141 cm³/mol. The van der Waals surface area contributed by atoms with E-state index in [-0.39, 0.29) is 10.8 Å². The maximum atomic E-state index is 5.76. The van der Waals surface area contributed by atoms with E-state index < -0.39 is 0 Å². The molecule has 1 aliphatic carbocycles. The van der Waals surface area contributed by atoms with Crippen molar-refractivity contribution < 1.29 is 0 Å². The third-order valence-electron chi connectivity index (χ3n) is 8.15. The van der Waals surface area contributed by atoms with Crippen LogP contribution in [-0.4, -0.2) is 49.2 Å². The molecule has 0 bridgehead atoms. The lowest BCUT2D eigenvalue weighted by Gasteiger charge is -2.42. The molecule has 1 unspecified atom stereocenters. The Morgan fingerprint density at radius 2 is 1.64 bits per heavy atom. The third kappa shape index (κ3) is 5.44. The predicted octanol–water partition coefficient (Wildman–Crippen LogP) is 5.59. The van der Waals surface area contributed by atoms with E-state index in [1.54, 1.807) is 0 Å². The second kappa shape index (κ2) is 9.76. The van der Waals surface area contributed by atoms with Crippen molar-refractivity contribution >= 4 is 5.82 Å². The molecule has 1 aliphatic heterocycles. The molecule has 1 aromatic heterocycles. The Kier molecular flexibility index (Phi) is 7.16. The molecule has 2 aliphatic rings. The number of hydrogen-bond acceptors (Lipinski definition) is 4. The van der Waals surface area contributed by atoms with E-state index in [2.05, 4.69) is 80.8 Å². The maximum Gasteiger partial charge on any atom is 0.129 e. The van der Waals surface area contributed by atoms with Crippen molar-refractivity contribution in [3.63, 3.8) is 0 Å². The van der Waals surface area contributed by atoms with E-state index in [1.165, 1.54) is 48.9 Å². The van der Waals surface area contributed by atoms with Gasteiger partial charge < -0.3 is 10.6 Å². The topological polar surface area (TPSA) is 45.4 Å². The second-order valence-corrected chi connectivity index (χ2v) is 11.7. The number of anilines is 1. The van der Waals surface area contributed by atoms with Gasteiger partial charge in [-0.2, -0.15) is 0 Å². The quantitative estimate of drug-likeness (QED) is 0.599. The summed E-state index contributed by atoms with van der Waals surface area (Å²) < 4.78 is 0. The summed E-state index contributed by atoms with van der Waals surface area (Å²) in [5.74, 6) is 1.75. The summed E-state index contributed by atoms with van der Waals surface area (Å²) in [6.07, 6.45) is 4.96. The highest BCUT2D eigenvalue weighted by Gasteiger charge is 2.37. The normalized spacial score (nSPS) is 21.0. The summed E-state index contributed by atoms with van der Waals surface area (Å²) in [6.45, 7) is 18.1. The number of piperazine rings is 1. The Bertz CT molecular complexity index is 940. The number of rotatable bonds is 7. The van der Waals surface area contributed by atoms with Gasteiger partial charge in [0.05, 0.1) is 5.69 Å². The summed E-state index contributed by atoms with van der Waals surface area (Å²) in [5, 5.41) is 0. The van der Waals surface area contributed by atoms with Crippen LogP contribution >= 0.6 is 0 Å². The molecule has 0 radical (unpaired) electrons. The van der Waals surface area contributed by atoms with Crippen LogP contribution in [0, 0.1) is 5.92 Å². The Morgan fingerprint density at radius 3 is 2.33 bits per heavy atom. The minimum absolute atomic E-state index is 0.219. The zero-order valence-corrected chi connectivity index (χ0v) is 21.5. The van der Waals surface area contributed by atoms with Crippen molar-refractivity contribution in [1.29, 1.82) is 0 Å². The number of nitrogens with zero attached hydrogens (tertiary/aromatic N) is 3. The fourth-order valence-corrected chi connectivity index (χ4v) is 5.49. The molecule has 4 rings (SSSR count). The molecule has 2 aromatic rings. The molecule has 33 heavy (non-hydrogen) atoms. The molecule has 1 atom stereocenters. The molecule has 0 saturated carbocycles. The largest absolute Gasteiger partial charge is 0.354 e. The lowest BCUT2D eigenvalue weighted by atomic mass is 9.63. The molecule has 2 heterocycles. The zero-order valence-electron chi connectivity index (χ0n) is 21.5. The summed E-state index contributed by atoms with van der Waals surface area (Å²) in [5.41, 5.74) is 11.6. The van der Waals surface area contributed by atoms with E-state index in [9.17, 15) is 0 Å². The van der Waals surface area contributed by atoms with Gasteiger partial charge in [0.1, 0.15) is 5.82 Å². The van der Waals surface area contributed by atoms with Gasteiger partial charge in [-0.15, -0.1) is 0 Å². The zero-order chi connectivity index (χ0) is 23.6. The standard InChI is InChI=1S/C29H44N4/c1-22(21-30)8-7-15-32-16-18-33(19-17-32)27-10-6-9-26(31-27)23-11-12-24-25(20-23)29(4,5)14-13-28(24,2)3/h6,9-12,20,22H,7-8,13-19,21,30H2,1-5H3. The number of benzene rings is 1. The molecule has 1 saturated heterocycles. The monoisotopic (exact) mass is 448 g/mol. The second-order valence-electron chi connectivity index (χ2n) is 11.7. The minimum Gasteiger partial charge on any atom is -0.354 e.